The third-order valence-electron chi connectivity index (χ3n) is 6.03. The molecular formula is C29H21ClN2O4S. The molecule has 4 aromatic carbocycles. The summed E-state index contributed by atoms with van der Waals surface area (Å²) in [6.07, 6.45) is 0. The Bertz CT molecular complexity index is 1600. The summed E-state index contributed by atoms with van der Waals surface area (Å²) in [6.45, 7) is 1.63. The molecule has 184 valence electrons. The summed E-state index contributed by atoms with van der Waals surface area (Å²) in [4.78, 5) is 41.0. The summed E-state index contributed by atoms with van der Waals surface area (Å²) in [7, 11) is -1.64. The molecule has 1 aliphatic rings. The fourth-order valence-electron chi connectivity index (χ4n) is 4.20. The number of nitrogens with zero attached hydrogens (tertiary/aromatic N) is 1. The van der Waals surface area contributed by atoms with E-state index in [1.165, 1.54) is 11.8 Å². The molecule has 2 amide bonds. The second-order valence-corrected chi connectivity index (χ2v) is 10.4. The zero-order valence-corrected chi connectivity index (χ0v) is 21.3. The second kappa shape index (κ2) is 10.1. The van der Waals surface area contributed by atoms with Gasteiger partial charge in [-0.2, -0.15) is 0 Å². The summed E-state index contributed by atoms with van der Waals surface area (Å²) in [6, 6.07) is 25.4. The summed E-state index contributed by atoms with van der Waals surface area (Å²) < 4.78 is 13.6. The number of hydrogen-bond donors (Lipinski definition) is 1. The molecule has 0 aliphatic carbocycles. The fraction of sp³-hybridized carbons (Fsp3) is 0.0690. The topological polar surface area (TPSA) is 83.6 Å². The van der Waals surface area contributed by atoms with Gasteiger partial charge in [0.2, 0.25) is 0 Å². The number of rotatable bonds is 5. The van der Waals surface area contributed by atoms with E-state index >= 15 is 0 Å². The molecule has 1 aliphatic heterocycles. The van der Waals surface area contributed by atoms with Crippen molar-refractivity contribution in [3.05, 3.63) is 118 Å². The van der Waals surface area contributed by atoms with Crippen LogP contribution in [0.5, 0.6) is 0 Å². The minimum absolute atomic E-state index is 0.113. The van der Waals surface area contributed by atoms with Crippen molar-refractivity contribution in [1.29, 1.82) is 0 Å². The number of hydrogen-bond acceptors (Lipinski definition) is 4. The van der Waals surface area contributed by atoms with Crippen LogP contribution in [0.25, 0.3) is 0 Å². The van der Waals surface area contributed by atoms with Crippen LogP contribution in [0.2, 0.25) is 5.02 Å². The number of fused-ring (bicyclic) bond motifs is 2. The van der Waals surface area contributed by atoms with Gasteiger partial charge in [-0.3, -0.25) is 14.4 Å². The maximum atomic E-state index is 13.7. The molecule has 1 heterocycles. The normalized spacial score (nSPS) is 14.4. The third kappa shape index (κ3) is 4.96. The number of amides is 2. The first kappa shape index (κ1) is 24.6. The van der Waals surface area contributed by atoms with E-state index in [1.54, 1.807) is 84.9 Å². The van der Waals surface area contributed by atoms with Crippen molar-refractivity contribution >= 4 is 51.4 Å². The molecule has 0 fully saturated rings. The van der Waals surface area contributed by atoms with E-state index in [9.17, 15) is 18.6 Å². The number of nitrogens with one attached hydrogen (secondary N) is 1. The van der Waals surface area contributed by atoms with Gasteiger partial charge in [0.05, 0.1) is 38.4 Å². The average molecular weight is 529 g/mol. The smallest absolute Gasteiger partial charge is 0.259 e. The van der Waals surface area contributed by atoms with Gasteiger partial charge < -0.3 is 10.2 Å². The zero-order chi connectivity index (χ0) is 26.1. The van der Waals surface area contributed by atoms with Crippen LogP contribution in [0.15, 0.2) is 101 Å². The predicted molar refractivity (Wildman–Crippen MR) is 144 cm³/mol. The zero-order valence-electron chi connectivity index (χ0n) is 19.7. The Morgan fingerprint density at radius 3 is 2.43 bits per heavy atom. The monoisotopic (exact) mass is 528 g/mol. The predicted octanol–water partition coefficient (Wildman–Crippen LogP) is 6.12. The van der Waals surface area contributed by atoms with E-state index < -0.39 is 16.7 Å². The first-order valence-electron chi connectivity index (χ1n) is 11.5. The van der Waals surface area contributed by atoms with Crippen LogP contribution in [0.3, 0.4) is 0 Å². The number of benzene rings is 4. The maximum Gasteiger partial charge on any atom is 0.259 e. The Hall–Kier alpha value is -4.07. The molecule has 8 heteroatoms. The van der Waals surface area contributed by atoms with Crippen molar-refractivity contribution in [2.45, 2.75) is 23.3 Å². The first-order chi connectivity index (χ1) is 17.8. The summed E-state index contributed by atoms with van der Waals surface area (Å²) in [5, 5.41) is 3.33. The fourth-order valence-corrected chi connectivity index (χ4v) is 5.76. The van der Waals surface area contributed by atoms with Crippen molar-refractivity contribution in [3.8, 4) is 0 Å². The molecule has 0 aromatic heterocycles. The van der Waals surface area contributed by atoms with Gasteiger partial charge in [-0.1, -0.05) is 48.0 Å². The van der Waals surface area contributed by atoms with Gasteiger partial charge in [0, 0.05) is 21.8 Å². The highest BCUT2D eigenvalue weighted by Crippen LogP contribution is 2.36. The van der Waals surface area contributed by atoms with Crippen LogP contribution in [0.4, 0.5) is 11.4 Å². The van der Waals surface area contributed by atoms with Crippen LogP contribution in [-0.4, -0.2) is 21.8 Å². The Morgan fingerprint density at radius 2 is 1.65 bits per heavy atom. The molecule has 0 saturated carbocycles. The number of ketones is 1. The van der Waals surface area contributed by atoms with E-state index in [0.29, 0.717) is 37.3 Å². The Kier molecular flexibility index (Phi) is 6.74. The average Bonchev–Trinajstić information content (AvgIpc) is 2.98. The van der Waals surface area contributed by atoms with Crippen molar-refractivity contribution in [3.63, 3.8) is 0 Å². The largest absolute Gasteiger partial charge is 0.322 e. The van der Waals surface area contributed by atoms with Gasteiger partial charge in [0.15, 0.2) is 5.78 Å². The van der Waals surface area contributed by atoms with Gasteiger partial charge in [-0.25, -0.2) is 4.21 Å². The van der Waals surface area contributed by atoms with Crippen molar-refractivity contribution in [2.24, 2.45) is 0 Å². The highest BCUT2D eigenvalue weighted by Gasteiger charge is 2.31. The van der Waals surface area contributed by atoms with Gasteiger partial charge in [-0.05, 0) is 67.1 Å². The summed E-state index contributed by atoms with van der Waals surface area (Å²) in [5.74, 6) is -0.862. The highest BCUT2D eigenvalue weighted by atomic mass is 35.5. The molecule has 4 aromatic rings. The SMILES string of the molecule is CC(=O)c1cccc(NC(=O)c2ccc3c(c2)N(Cc2cccc(Cl)c2)C(=O)c2ccccc2[S@@]3=O)c1. The van der Waals surface area contributed by atoms with Gasteiger partial charge in [0.25, 0.3) is 11.8 Å². The lowest BCUT2D eigenvalue weighted by Gasteiger charge is -2.24. The lowest BCUT2D eigenvalue weighted by Crippen LogP contribution is -2.30. The molecule has 0 saturated heterocycles. The van der Waals surface area contributed by atoms with E-state index in [4.69, 9.17) is 11.6 Å². The molecule has 5 rings (SSSR count). The lowest BCUT2D eigenvalue weighted by molar-refractivity contribution is 0.0978. The number of anilines is 2. The van der Waals surface area contributed by atoms with Crippen LogP contribution in [0.1, 0.15) is 43.6 Å². The number of halogens is 1. The van der Waals surface area contributed by atoms with E-state index in [2.05, 4.69) is 5.32 Å². The Balaban J connectivity index is 1.57. The summed E-state index contributed by atoms with van der Waals surface area (Å²) in [5.41, 5.74) is 2.73. The molecular weight excluding hydrogens is 508 g/mol. The van der Waals surface area contributed by atoms with E-state index in [-0.39, 0.29) is 23.8 Å². The van der Waals surface area contributed by atoms with Crippen molar-refractivity contribution in [2.75, 3.05) is 10.2 Å². The Labute approximate surface area is 221 Å². The molecule has 0 spiro atoms. The first-order valence-corrected chi connectivity index (χ1v) is 13.0. The maximum absolute atomic E-state index is 13.7. The quantitative estimate of drug-likeness (QED) is 0.316. The number of carbonyl (C=O) groups is 3. The minimum Gasteiger partial charge on any atom is -0.322 e. The molecule has 6 nitrogen and oxygen atoms in total. The minimum atomic E-state index is -1.64. The van der Waals surface area contributed by atoms with Crippen molar-refractivity contribution < 1.29 is 18.6 Å². The highest BCUT2D eigenvalue weighted by molar-refractivity contribution is 7.85. The van der Waals surface area contributed by atoms with Crippen LogP contribution in [0, 0.1) is 0 Å². The molecule has 37 heavy (non-hydrogen) atoms. The number of carbonyl (C=O) groups excluding carboxylic acids is 3. The molecule has 0 radical (unpaired) electrons. The molecule has 1 atom stereocenters. The van der Waals surface area contributed by atoms with Crippen LogP contribution in [-0.2, 0) is 17.3 Å². The van der Waals surface area contributed by atoms with Gasteiger partial charge in [0.1, 0.15) is 0 Å². The van der Waals surface area contributed by atoms with Crippen LogP contribution >= 0.6 is 11.6 Å². The van der Waals surface area contributed by atoms with Crippen molar-refractivity contribution in [1.82, 2.24) is 0 Å². The van der Waals surface area contributed by atoms with Crippen LogP contribution < -0.4 is 10.2 Å². The molecule has 0 unspecified atom stereocenters. The third-order valence-corrected chi connectivity index (χ3v) is 7.77. The lowest BCUT2D eigenvalue weighted by atomic mass is 10.1. The second-order valence-electron chi connectivity index (χ2n) is 8.56. The molecule has 0 bridgehead atoms. The number of Topliss-reactive ketones (excluding diaryl/α,β-unsaturated/α-hetero) is 1. The van der Waals surface area contributed by atoms with E-state index in [0.717, 1.165) is 5.56 Å². The van der Waals surface area contributed by atoms with Gasteiger partial charge in [-0.15, -0.1) is 0 Å². The Morgan fingerprint density at radius 1 is 0.865 bits per heavy atom. The summed E-state index contributed by atoms with van der Waals surface area (Å²) >= 11 is 6.18. The standard InChI is InChI=1S/C29H21ClN2O4S/c1-18(33)20-7-5-9-23(15-20)31-28(34)21-12-13-27-25(16-21)32(17-19-6-4-8-22(30)14-19)29(35)24-10-2-3-11-26(24)37(27)36/h2-16H,17H2,1H3,(H,31,34)/t37-/m0/s1. The molecule has 1 N–H and O–H groups in total. The van der Waals surface area contributed by atoms with Gasteiger partial charge >= 0.3 is 0 Å². The van der Waals surface area contributed by atoms with E-state index in [1.807, 2.05) is 6.07 Å².